The molecular formula is C28H29N3O3. The van der Waals surface area contributed by atoms with E-state index >= 15 is 0 Å². The largest absolute Gasteiger partial charge is 0.483 e. The van der Waals surface area contributed by atoms with Gasteiger partial charge in [-0.3, -0.25) is 9.59 Å². The number of aryl methyl sites for hydroxylation is 1. The number of amides is 2. The van der Waals surface area contributed by atoms with Crippen LogP contribution in [-0.4, -0.2) is 41.3 Å². The van der Waals surface area contributed by atoms with Crippen LogP contribution < -0.4 is 10.1 Å². The summed E-state index contributed by atoms with van der Waals surface area (Å²) >= 11 is 0. The molecule has 0 saturated carbocycles. The lowest BCUT2D eigenvalue weighted by molar-refractivity contribution is -0.132. The van der Waals surface area contributed by atoms with E-state index in [1.54, 1.807) is 0 Å². The lowest BCUT2D eigenvalue weighted by Crippen LogP contribution is -2.42. The van der Waals surface area contributed by atoms with Gasteiger partial charge in [-0.1, -0.05) is 60.2 Å². The molecule has 3 aromatic carbocycles. The Labute approximate surface area is 200 Å². The van der Waals surface area contributed by atoms with Crippen molar-refractivity contribution in [3.63, 3.8) is 0 Å². The van der Waals surface area contributed by atoms with Crippen LogP contribution in [0.25, 0.3) is 0 Å². The molecule has 2 heterocycles. The quantitative estimate of drug-likeness (QED) is 0.582. The Bertz CT molecular complexity index is 1190. The standard InChI is InChI=1S/C28H29N3O3/c1-20-12-14-21(15-13-20)18-31-27(29-24-10-4-2-8-22(24)28(31)33)23-9-3-5-11-25(23)34-19-26(32)30-16-6-7-17-30/h2-5,8-15,27,29H,6-7,16-19H2,1H3. The molecule has 1 saturated heterocycles. The molecule has 3 aromatic rings. The highest BCUT2D eigenvalue weighted by molar-refractivity contribution is 6.01. The third-order valence-corrected chi connectivity index (χ3v) is 6.52. The predicted octanol–water partition coefficient (Wildman–Crippen LogP) is 4.76. The molecule has 34 heavy (non-hydrogen) atoms. The van der Waals surface area contributed by atoms with Gasteiger partial charge in [-0.15, -0.1) is 0 Å². The van der Waals surface area contributed by atoms with Gasteiger partial charge in [0.25, 0.3) is 11.8 Å². The molecule has 6 nitrogen and oxygen atoms in total. The van der Waals surface area contributed by atoms with Gasteiger partial charge < -0.3 is 19.9 Å². The van der Waals surface area contributed by atoms with Gasteiger partial charge in [0.2, 0.25) is 0 Å². The third kappa shape index (κ3) is 4.49. The number of carbonyl (C=O) groups excluding carboxylic acids is 2. The average Bonchev–Trinajstić information content (AvgIpc) is 3.41. The van der Waals surface area contributed by atoms with E-state index in [0.717, 1.165) is 42.7 Å². The third-order valence-electron chi connectivity index (χ3n) is 6.52. The molecule has 0 aromatic heterocycles. The summed E-state index contributed by atoms with van der Waals surface area (Å²) in [4.78, 5) is 29.9. The Morgan fingerprint density at radius 3 is 2.47 bits per heavy atom. The summed E-state index contributed by atoms with van der Waals surface area (Å²) in [6, 6.07) is 23.4. The molecule has 2 aliphatic rings. The topological polar surface area (TPSA) is 61.9 Å². The van der Waals surface area contributed by atoms with Crippen LogP contribution in [0.15, 0.2) is 72.8 Å². The smallest absolute Gasteiger partial charge is 0.260 e. The highest BCUT2D eigenvalue weighted by atomic mass is 16.5. The molecule has 1 N–H and O–H groups in total. The van der Waals surface area contributed by atoms with Gasteiger partial charge in [-0.2, -0.15) is 0 Å². The Hall–Kier alpha value is -3.80. The molecule has 0 radical (unpaired) electrons. The predicted molar refractivity (Wildman–Crippen MR) is 132 cm³/mol. The SMILES string of the molecule is Cc1ccc(CN2C(=O)c3ccccc3NC2c2ccccc2OCC(=O)N2CCCC2)cc1. The highest BCUT2D eigenvalue weighted by Gasteiger charge is 2.34. The van der Waals surface area contributed by atoms with Gasteiger partial charge in [0.1, 0.15) is 11.9 Å². The summed E-state index contributed by atoms with van der Waals surface area (Å²) in [5.41, 5.74) is 4.49. The Morgan fingerprint density at radius 1 is 0.971 bits per heavy atom. The van der Waals surface area contributed by atoms with Gasteiger partial charge in [0.15, 0.2) is 6.61 Å². The van der Waals surface area contributed by atoms with Crippen LogP contribution in [0.2, 0.25) is 0 Å². The number of ether oxygens (including phenoxy) is 1. The summed E-state index contributed by atoms with van der Waals surface area (Å²) in [5.74, 6) is 0.568. The molecule has 0 spiro atoms. The monoisotopic (exact) mass is 455 g/mol. The van der Waals surface area contributed by atoms with E-state index < -0.39 is 6.17 Å². The van der Waals surface area contributed by atoms with Gasteiger partial charge in [-0.25, -0.2) is 0 Å². The van der Waals surface area contributed by atoms with Gasteiger partial charge in [0.05, 0.1) is 5.56 Å². The minimum absolute atomic E-state index is 0.00170. The fraction of sp³-hybridized carbons (Fsp3) is 0.286. The molecule has 2 aliphatic heterocycles. The van der Waals surface area contributed by atoms with E-state index in [2.05, 4.69) is 29.6 Å². The van der Waals surface area contributed by atoms with E-state index in [9.17, 15) is 9.59 Å². The lowest BCUT2D eigenvalue weighted by Gasteiger charge is -2.38. The van der Waals surface area contributed by atoms with Crippen molar-refractivity contribution in [1.29, 1.82) is 0 Å². The average molecular weight is 456 g/mol. The first kappa shape index (κ1) is 22.0. The van der Waals surface area contributed by atoms with Crippen LogP contribution in [0, 0.1) is 6.92 Å². The molecule has 1 fully saturated rings. The van der Waals surface area contributed by atoms with Crippen LogP contribution in [0.4, 0.5) is 5.69 Å². The first-order valence-electron chi connectivity index (χ1n) is 11.8. The zero-order valence-electron chi connectivity index (χ0n) is 19.4. The number of hydrogen-bond acceptors (Lipinski definition) is 4. The summed E-state index contributed by atoms with van der Waals surface area (Å²) in [6.07, 6.45) is 1.66. The van der Waals surface area contributed by atoms with E-state index in [4.69, 9.17) is 4.74 Å². The normalized spacial score (nSPS) is 17.3. The van der Waals surface area contributed by atoms with Crippen molar-refractivity contribution in [2.75, 3.05) is 25.0 Å². The number of hydrogen-bond donors (Lipinski definition) is 1. The molecule has 0 aliphatic carbocycles. The molecule has 2 amide bonds. The second kappa shape index (κ2) is 9.59. The second-order valence-electron chi connectivity index (χ2n) is 8.93. The maximum Gasteiger partial charge on any atom is 0.260 e. The lowest BCUT2D eigenvalue weighted by atomic mass is 10.0. The van der Waals surface area contributed by atoms with Crippen molar-refractivity contribution in [3.8, 4) is 5.75 Å². The van der Waals surface area contributed by atoms with Crippen molar-refractivity contribution in [2.45, 2.75) is 32.5 Å². The molecular weight excluding hydrogens is 426 g/mol. The number of nitrogens with one attached hydrogen (secondary N) is 1. The minimum atomic E-state index is -0.429. The first-order valence-corrected chi connectivity index (χ1v) is 11.8. The summed E-state index contributed by atoms with van der Waals surface area (Å²) < 4.78 is 6.03. The highest BCUT2D eigenvalue weighted by Crippen LogP contribution is 2.37. The van der Waals surface area contributed by atoms with E-state index in [-0.39, 0.29) is 18.4 Å². The van der Waals surface area contributed by atoms with Crippen LogP contribution in [0.1, 0.15) is 46.1 Å². The van der Waals surface area contributed by atoms with Crippen molar-refractivity contribution >= 4 is 17.5 Å². The van der Waals surface area contributed by atoms with Gasteiger partial charge in [0, 0.05) is 30.9 Å². The van der Waals surface area contributed by atoms with Gasteiger partial charge >= 0.3 is 0 Å². The van der Waals surface area contributed by atoms with Crippen molar-refractivity contribution in [3.05, 3.63) is 95.1 Å². The van der Waals surface area contributed by atoms with E-state index in [1.807, 2.05) is 65.3 Å². The Balaban J connectivity index is 1.45. The maximum absolute atomic E-state index is 13.6. The number of para-hydroxylation sites is 2. The number of nitrogens with zero attached hydrogens (tertiary/aromatic N) is 2. The molecule has 1 unspecified atom stereocenters. The molecule has 0 bridgehead atoms. The number of rotatable bonds is 6. The summed E-state index contributed by atoms with van der Waals surface area (Å²) in [5, 5.41) is 3.54. The van der Waals surface area contributed by atoms with Crippen molar-refractivity contribution in [2.24, 2.45) is 0 Å². The Morgan fingerprint density at radius 2 is 1.68 bits per heavy atom. The maximum atomic E-state index is 13.6. The minimum Gasteiger partial charge on any atom is -0.483 e. The van der Waals surface area contributed by atoms with Crippen molar-refractivity contribution < 1.29 is 14.3 Å². The molecule has 6 heteroatoms. The molecule has 5 rings (SSSR count). The van der Waals surface area contributed by atoms with Crippen molar-refractivity contribution in [1.82, 2.24) is 9.80 Å². The number of benzene rings is 3. The number of likely N-dealkylation sites (tertiary alicyclic amines) is 1. The molecule has 1 atom stereocenters. The number of anilines is 1. The zero-order valence-corrected chi connectivity index (χ0v) is 19.4. The van der Waals surface area contributed by atoms with Crippen LogP contribution >= 0.6 is 0 Å². The van der Waals surface area contributed by atoms with Crippen LogP contribution in [-0.2, 0) is 11.3 Å². The fourth-order valence-electron chi connectivity index (χ4n) is 4.63. The van der Waals surface area contributed by atoms with Gasteiger partial charge in [-0.05, 0) is 43.5 Å². The second-order valence-corrected chi connectivity index (χ2v) is 8.93. The first-order chi connectivity index (χ1) is 16.6. The van der Waals surface area contributed by atoms with Crippen LogP contribution in [0.5, 0.6) is 5.75 Å². The molecule has 174 valence electrons. The zero-order chi connectivity index (χ0) is 23.5. The number of fused-ring (bicyclic) bond motifs is 1. The van der Waals surface area contributed by atoms with E-state index in [0.29, 0.717) is 17.9 Å². The summed E-state index contributed by atoms with van der Waals surface area (Å²) in [7, 11) is 0. The van der Waals surface area contributed by atoms with E-state index in [1.165, 1.54) is 5.56 Å². The number of carbonyl (C=O) groups is 2. The summed E-state index contributed by atoms with van der Waals surface area (Å²) in [6.45, 7) is 4.08. The fourth-order valence-corrected chi connectivity index (χ4v) is 4.63. The Kier molecular flexibility index (Phi) is 6.21. The van der Waals surface area contributed by atoms with Crippen LogP contribution in [0.3, 0.4) is 0 Å².